The van der Waals surface area contributed by atoms with Crippen molar-refractivity contribution in [3.05, 3.63) is 35.9 Å². The Balaban J connectivity index is 1.90. The Morgan fingerprint density at radius 1 is 1.00 bits per heavy atom. The van der Waals surface area contributed by atoms with E-state index in [1.165, 1.54) is 44.1 Å². The van der Waals surface area contributed by atoms with Crippen LogP contribution in [0.5, 0.6) is 0 Å². The largest absolute Gasteiger partial charge is 0.313 e. The van der Waals surface area contributed by atoms with E-state index in [1.807, 2.05) is 0 Å². The quantitative estimate of drug-likeness (QED) is 0.753. The van der Waals surface area contributed by atoms with Crippen LogP contribution >= 0.6 is 0 Å². The Morgan fingerprint density at radius 2 is 1.63 bits per heavy atom. The molecule has 0 amide bonds. The van der Waals surface area contributed by atoms with Crippen LogP contribution in [-0.2, 0) is 0 Å². The first-order valence-electron chi connectivity index (χ1n) is 8.05. The molecular weight excluding hydrogens is 230 g/mol. The Labute approximate surface area is 118 Å². The minimum Gasteiger partial charge on any atom is -0.313 e. The van der Waals surface area contributed by atoms with Gasteiger partial charge in [0.15, 0.2) is 0 Å². The highest BCUT2D eigenvalue weighted by Gasteiger charge is 2.18. The molecule has 1 atom stereocenters. The first-order chi connectivity index (χ1) is 9.27. The van der Waals surface area contributed by atoms with Gasteiger partial charge in [-0.25, -0.2) is 0 Å². The summed E-state index contributed by atoms with van der Waals surface area (Å²) in [6, 6.07) is 11.7. The maximum Gasteiger partial charge on any atom is 0.00673 e. The van der Waals surface area contributed by atoms with Crippen LogP contribution in [0.2, 0.25) is 0 Å². The lowest BCUT2D eigenvalue weighted by atomic mass is 9.88. The number of nitrogens with one attached hydrogen (secondary N) is 1. The summed E-state index contributed by atoms with van der Waals surface area (Å²) < 4.78 is 0. The van der Waals surface area contributed by atoms with E-state index in [9.17, 15) is 0 Å². The molecule has 0 saturated heterocycles. The molecule has 0 spiro atoms. The zero-order chi connectivity index (χ0) is 13.5. The number of rotatable bonds is 5. The zero-order valence-electron chi connectivity index (χ0n) is 12.6. The van der Waals surface area contributed by atoms with E-state index >= 15 is 0 Å². The summed E-state index contributed by atoms with van der Waals surface area (Å²) in [5.41, 5.74) is 1.48. The van der Waals surface area contributed by atoms with Gasteiger partial charge in [-0.05, 0) is 30.2 Å². The third kappa shape index (κ3) is 4.65. The number of hydrogen-bond donors (Lipinski definition) is 1. The van der Waals surface area contributed by atoms with E-state index in [0.717, 1.165) is 12.6 Å². The van der Waals surface area contributed by atoms with Crippen molar-refractivity contribution in [1.82, 2.24) is 5.32 Å². The first-order valence-corrected chi connectivity index (χ1v) is 8.05. The third-order valence-corrected chi connectivity index (χ3v) is 4.51. The molecule has 1 saturated carbocycles. The van der Waals surface area contributed by atoms with Crippen molar-refractivity contribution < 1.29 is 0 Å². The molecule has 0 radical (unpaired) electrons. The number of hydrogen-bond acceptors (Lipinski definition) is 1. The van der Waals surface area contributed by atoms with Gasteiger partial charge in [0.05, 0.1) is 0 Å². The second-order valence-corrected chi connectivity index (χ2v) is 6.36. The van der Waals surface area contributed by atoms with Crippen molar-refractivity contribution in [3.63, 3.8) is 0 Å². The van der Waals surface area contributed by atoms with Crippen molar-refractivity contribution in [2.45, 2.75) is 64.3 Å². The van der Waals surface area contributed by atoms with Crippen LogP contribution in [0.4, 0.5) is 0 Å². The van der Waals surface area contributed by atoms with Gasteiger partial charge in [0.1, 0.15) is 0 Å². The third-order valence-electron chi connectivity index (χ3n) is 4.51. The highest BCUT2D eigenvalue weighted by atomic mass is 14.9. The minimum atomic E-state index is 0.643. The fourth-order valence-electron chi connectivity index (χ4n) is 3.22. The number of benzene rings is 1. The molecule has 0 aromatic heterocycles. The SMILES string of the molecule is CC(C)C(CNC1CCCCCC1)c1ccccc1. The molecule has 106 valence electrons. The van der Waals surface area contributed by atoms with Crippen molar-refractivity contribution in [2.24, 2.45) is 5.92 Å². The average molecular weight is 259 g/mol. The molecule has 1 N–H and O–H groups in total. The molecule has 1 aliphatic rings. The van der Waals surface area contributed by atoms with Crippen molar-refractivity contribution in [2.75, 3.05) is 6.54 Å². The lowest BCUT2D eigenvalue weighted by Crippen LogP contribution is -2.33. The van der Waals surface area contributed by atoms with Crippen LogP contribution in [0, 0.1) is 5.92 Å². The maximum atomic E-state index is 3.84. The van der Waals surface area contributed by atoms with Gasteiger partial charge in [-0.2, -0.15) is 0 Å². The van der Waals surface area contributed by atoms with E-state index in [2.05, 4.69) is 49.5 Å². The predicted molar refractivity (Wildman–Crippen MR) is 83.5 cm³/mol. The molecule has 1 aromatic carbocycles. The summed E-state index contributed by atoms with van der Waals surface area (Å²) >= 11 is 0. The molecule has 1 fully saturated rings. The van der Waals surface area contributed by atoms with E-state index in [0.29, 0.717) is 11.8 Å². The summed E-state index contributed by atoms with van der Waals surface area (Å²) in [6.07, 6.45) is 8.44. The van der Waals surface area contributed by atoms with Crippen molar-refractivity contribution in [3.8, 4) is 0 Å². The standard InChI is InChI=1S/C18H29N/c1-15(2)18(16-10-6-5-7-11-16)14-19-17-12-8-3-4-9-13-17/h5-7,10-11,15,17-19H,3-4,8-9,12-14H2,1-2H3. The average Bonchev–Trinajstić information content (AvgIpc) is 2.68. The topological polar surface area (TPSA) is 12.0 Å². The van der Waals surface area contributed by atoms with Crippen LogP contribution in [-0.4, -0.2) is 12.6 Å². The van der Waals surface area contributed by atoms with Gasteiger partial charge in [0, 0.05) is 12.6 Å². The second kappa shape index (κ2) is 7.69. The molecule has 0 heterocycles. The summed E-state index contributed by atoms with van der Waals surface area (Å²) in [5, 5.41) is 3.84. The lowest BCUT2D eigenvalue weighted by molar-refractivity contribution is 0.398. The van der Waals surface area contributed by atoms with Gasteiger partial charge in [-0.3, -0.25) is 0 Å². The fourth-order valence-corrected chi connectivity index (χ4v) is 3.22. The van der Waals surface area contributed by atoms with Gasteiger partial charge in [0.2, 0.25) is 0 Å². The highest BCUT2D eigenvalue weighted by Crippen LogP contribution is 2.24. The molecule has 2 rings (SSSR count). The molecule has 1 aromatic rings. The predicted octanol–water partition coefficient (Wildman–Crippen LogP) is 4.74. The molecule has 0 aliphatic heterocycles. The molecule has 0 bridgehead atoms. The Bertz CT molecular complexity index is 336. The van der Waals surface area contributed by atoms with E-state index in [1.54, 1.807) is 0 Å². The molecular formula is C18H29N. The van der Waals surface area contributed by atoms with Gasteiger partial charge >= 0.3 is 0 Å². The lowest BCUT2D eigenvalue weighted by Gasteiger charge is -2.25. The van der Waals surface area contributed by atoms with E-state index in [-0.39, 0.29) is 0 Å². The van der Waals surface area contributed by atoms with Crippen LogP contribution in [0.25, 0.3) is 0 Å². The van der Waals surface area contributed by atoms with Crippen LogP contribution in [0.3, 0.4) is 0 Å². The smallest absolute Gasteiger partial charge is 0.00673 e. The van der Waals surface area contributed by atoms with Crippen LogP contribution in [0.15, 0.2) is 30.3 Å². The Morgan fingerprint density at radius 3 is 2.21 bits per heavy atom. The molecule has 1 aliphatic carbocycles. The summed E-state index contributed by atoms with van der Waals surface area (Å²) in [4.78, 5) is 0. The molecule has 19 heavy (non-hydrogen) atoms. The van der Waals surface area contributed by atoms with Crippen LogP contribution < -0.4 is 5.32 Å². The second-order valence-electron chi connectivity index (χ2n) is 6.36. The van der Waals surface area contributed by atoms with Gasteiger partial charge < -0.3 is 5.32 Å². The molecule has 1 heteroatoms. The highest BCUT2D eigenvalue weighted by molar-refractivity contribution is 5.20. The fraction of sp³-hybridized carbons (Fsp3) is 0.667. The maximum absolute atomic E-state index is 3.84. The summed E-state index contributed by atoms with van der Waals surface area (Å²) in [5.74, 6) is 1.34. The summed E-state index contributed by atoms with van der Waals surface area (Å²) in [7, 11) is 0. The Hall–Kier alpha value is -0.820. The first kappa shape index (κ1) is 14.6. The van der Waals surface area contributed by atoms with Crippen molar-refractivity contribution >= 4 is 0 Å². The zero-order valence-corrected chi connectivity index (χ0v) is 12.6. The van der Waals surface area contributed by atoms with Crippen LogP contribution in [0.1, 0.15) is 63.9 Å². The van der Waals surface area contributed by atoms with E-state index in [4.69, 9.17) is 0 Å². The molecule has 1 nitrogen and oxygen atoms in total. The monoisotopic (exact) mass is 259 g/mol. The van der Waals surface area contributed by atoms with Crippen molar-refractivity contribution in [1.29, 1.82) is 0 Å². The normalized spacial score (nSPS) is 19.3. The van der Waals surface area contributed by atoms with Gasteiger partial charge in [0.25, 0.3) is 0 Å². The van der Waals surface area contributed by atoms with Gasteiger partial charge in [-0.15, -0.1) is 0 Å². The Kier molecular flexibility index (Phi) is 5.91. The minimum absolute atomic E-state index is 0.643. The van der Waals surface area contributed by atoms with E-state index < -0.39 is 0 Å². The molecule has 1 unspecified atom stereocenters. The van der Waals surface area contributed by atoms with Gasteiger partial charge in [-0.1, -0.05) is 69.9 Å². The summed E-state index contributed by atoms with van der Waals surface area (Å²) in [6.45, 7) is 5.81.